The summed E-state index contributed by atoms with van der Waals surface area (Å²) in [6.45, 7) is 3.66. The lowest BCUT2D eigenvalue weighted by molar-refractivity contribution is -0.137. The standard InChI is InChI=1S/C16H13F3O/c1-2-15(20-14-6-4-3-5-7-14)12-8-10-13(11-9-12)16(17,18)19/h2-11,15H,1H2. The van der Waals surface area contributed by atoms with Gasteiger partial charge in [0.1, 0.15) is 11.9 Å². The molecule has 0 radical (unpaired) electrons. The van der Waals surface area contributed by atoms with Gasteiger partial charge >= 0.3 is 6.18 Å². The van der Waals surface area contributed by atoms with Crippen LogP contribution in [0.5, 0.6) is 5.75 Å². The van der Waals surface area contributed by atoms with Gasteiger partial charge in [-0.15, -0.1) is 0 Å². The summed E-state index contributed by atoms with van der Waals surface area (Å²) < 4.78 is 43.2. The van der Waals surface area contributed by atoms with Crippen LogP contribution in [-0.4, -0.2) is 0 Å². The second-order valence-electron chi connectivity index (χ2n) is 4.21. The predicted octanol–water partition coefficient (Wildman–Crippen LogP) is 5.01. The Bertz CT molecular complexity index is 559. The zero-order chi connectivity index (χ0) is 14.6. The van der Waals surface area contributed by atoms with Crippen molar-refractivity contribution in [1.29, 1.82) is 0 Å². The fourth-order valence-corrected chi connectivity index (χ4v) is 1.76. The average Bonchev–Trinajstić information content (AvgIpc) is 2.45. The Hall–Kier alpha value is -2.23. The maximum Gasteiger partial charge on any atom is 0.416 e. The first kappa shape index (κ1) is 14.2. The highest BCUT2D eigenvalue weighted by Crippen LogP contribution is 2.31. The molecule has 2 aromatic rings. The Balaban J connectivity index is 2.18. The monoisotopic (exact) mass is 278 g/mol. The molecule has 104 valence electrons. The van der Waals surface area contributed by atoms with Crippen LogP contribution >= 0.6 is 0 Å². The van der Waals surface area contributed by atoms with Crippen LogP contribution in [0.1, 0.15) is 17.2 Å². The summed E-state index contributed by atoms with van der Waals surface area (Å²) in [6.07, 6.45) is -3.27. The molecule has 1 atom stereocenters. The van der Waals surface area contributed by atoms with Crippen molar-refractivity contribution in [3.05, 3.63) is 78.4 Å². The first-order valence-corrected chi connectivity index (χ1v) is 6.02. The summed E-state index contributed by atoms with van der Waals surface area (Å²) in [7, 11) is 0. The lowest BCUT2D eigenvalue weighted by Crippen LogP contribution is -2.07. The normalized spacial score (nSPS) is 12.8. The Morgan fingerprint density at radius 2 is 1.55 bits per heavy atom. The SMILES string of the molecule is C=CC(Oc1ccccc1)c1ccc(C(F)(F)F)cc1. The average molecular weight is 278 g/mol. The van der Waals surface area contributed by atoms with E-state index in [9.17, 15) is 13.2 Å². The van der Waals surface area contributed by atoms with Crippen LogP contribution in [0.15, 0.2) is 67.3 Å². The first-order valence-electron chi connectivity index (χ1n) is 6.02. The van der Waals surface area contributed by atoms with Gasteiger partial charge < -0.3 is 4.74 Å². The number of halogens is 3. The Kier molecular flexibility index (Phi) is 4.13. The fraction of sp³-hybridized carbons (Fsp3) is 0.125. The minimum atomic E-state index is -4.33. The van der Waals surface area contributed by atoms with Gasteiger partial charge in [-0.1, -0.05) is 36.9 Å². The minimum Gasteiger partial charge on any atom is -0.482 e. The Labute approximate surface area is 115 Å². The quantitative estimate of drug-likeness (QED) is 0.714. The van der Waals surface area contributed by atoms with Crippen molar-refractivity contribution in [2.45, 2.75) is 12.3 Å². The third kappa shape index (κ3) is 3.41. The molecule has 0 aliphatic heterocycles. The molecule has 0 heterocycles. The summed E-state index contributed by atoms with van der Waals surface area (Å²) in [5, 5.41) is 0. The second-order valence-corrected chi connectivity index (χ2v) is 4.21. The molecule has 0 bridgehead atoms. The molecule has 2 rings (SSSR count). The molecule has 2 aromatic carbocycles. The van der Waals surface area contributed by atoms with Gasteiger partial charge in [0, 0.05) is 0 Å². The largest absolute Gasteiger partial charge is 0.482 e. The van der Waals surface area contributed by atoms with Gasteiger partial charge in [0.2, 0.25) is 0 Å². The van der Waals surface area contributed by atoms with Gasteiger partial charge in [-0.2, -0.15) is 13.2 Å². The second kappa shape index (κ2) is 5.82. The maximum absolute atomic E-state index is 12.5. The molecule has 4 heteroatoms. The van der Waals surface area contributed by atoms with Crippen LogP contribution in [0.25, 0.3) is 0 Å². The molecule has 0 spiro atoms. The summed E-state index contributed by atoms with van der Waals surface area (Å²) >= 11 is 0. The molecule has 0 N–H and O–H groups in total. The van der Waals surface area contributed by atoms with E-state index in [1.165, 1.54) is 12.1 Å². The number of alkyl halides is 3. The zero-order valence-electron chi connectivity index (χ0n) is 10.6. The number of ether oxygens (including phenoxy) is 1. The zero-order valence-corrected chi connectivity index (χ0v) is 10.6. The highest BCUT2D eigenvalue weighted by Gasteiger charge is 2.30. The van der Waals surface area contributed by atoms with E-state index in [-0.39, 0.29) is 0 Å². The molecule has 0 saturated heterocycles. The van der Waals surface area contributed by atoms with Crippen LogP contribution < -0.4 is 4.74 Å². The van der Waals surface area contributed by atoms with Crippen LogP contribution in [0.4, 0.5) is 13.2 Å². The van der Waals surface area contributed by atoms with E-state index in [4.69, 9.17) is 4.74 Å². The smallest absolute Gasteiger partial charge is 0.416 e. The highest BCUT2D eigenvalue weighted by atomic mass is 19.4. The summed E-state index contributed by atoms with van der Waals surface area (Å²) in [5.74, 6) is 0.636. The molecule has 0 saturated carbocycles. The maximum atomic E-state index is 12.5. The van der Waals surface area contributed by atoms with Crippen LogP contribution in [0, 0.1) is 0 Å². The van der Waals surface area contributed by atoms with Crippen molar-refractivity contribution >= 4 is 0 Å². The molecule has 0 fully saturated rings. The van der Waals surface area contributed by atoms with Crippen LogP contribution in [0.2, 0.25) is 0 Å². The van der Waals surface area contributed by atoms with Gasteiger partial charge in [0.05, 0.1) is 5.56 Å². The van der Waals surface area contributed by atoms with E-state index in [2.05, 4.69) is 6.58 Å². The summed E-state index contributed by atoms with van der Waals surface area (Å²) in [6, 6.07) is 13.9. The van der Waals surface area contributed by atoms with E-state index in [1.807, 2.05) is 18.2 Å². The summed E-state index contributed by atoms with van der Waals surface area (Å²) in [5.41, 5.74) is -0.0550. The van der Waals surface area contributed by atoms with Gasteiger partial charge in [0.25, 0.3) is 0 Å². The van der Waals surface area contributed by atoms with Crippen molar-refractivity contribution < 1.29 is 17.9 Å². The topological polar surface area (TPSA) is 9.23 Å². The van der Waals surface area contributed by atoms with E-state index in [1.54, 1.807) is 18.2 Å². The van der Waals surface area contributed by atoms with Gasteiger partial charge in [-0.25, -0.2) is 0 Å². The lowest BCUT2D eigenvalue weighted by atomic mass is 10.1. The molecule has 1 unspecified atom stereocenters. The van der Waals surface area contributed by atoms with Gasteiger partial charge in [0.15, 0.2) is 0 Å². The predicted molar refractivity (Wildman–Crippen MR) is 71.5 cm³/mol. The molecular weight excluding hydrogens is 265 g/mol. The van der Waals surface area contributed by atoms with Crippen LogP contribution in [0.3, 0.4) is 0 Å². The number of hydrogen-bond donors (Lipinski definition) is 0. The van der Waals surface area contributed by atoms with E-state index >= 15 is 0 Å². The number of benzene rings is 2. The highest BCUT2D eigenvalue weighted by molar-refractivity contribution is 5.30. The van der Waals surface area contributed by atoms with Crippen molar-refractivity contribution in [2.24, 2.45) is 0 Å². The van der Waals surface area contributed by atoms with Gasteiger partial charge in [-0.05, 0) is 35.9 Å². The molecule has 0 aromatic heterocycles. The van der Waals surface area contributed by atoms with Crippen LogP contribution in [-0.2, 0) is 6.18 Å². The third-order valence-electron chi connectivity index (χ3n) is 2.79. The lowest BCUT2D eigenvalue weighted by Gasteiger charge is -2.16. The molecule has 0 amide bonds. The molecule has 0 aliphatic rings. The van der Waals surface area contributed by atoms with Gasteiger partial charge in [-0.3, -0.25) is 0 Å². The summed E-state index contributed by atoms with van der Waals surface area (Å²) in [4.78, 5) is 0. The number of para-hydroxylation sites is 1. The van der Waals surface area contributed by atoms with Crippen molar-refractivity contribution in [2.75, 3.05) is 0 Å². The van der Waals surface area contributed by atoms with E-state index < -0.39 is 17.8 Å². The van der Waals surface area contributed by atoms with E-state index in [0.717, 1.165) is 12.1 Å². The molecule has 20 heavy (non-hydrogen) atoms. The van der Waals surface area contributed by atoms with Crippen molar-refractivity contribution in [3.63, 3.8) is 0 Å². The fourth-order valence-electron chi connectivity index (χ4n) is 1.76. The number of rotatable bonds is 4. The molecular formula is C16H13F3O. The Morgan fingerprint density at radius 3 is 2.05 bits per heavy atom. The van der Waals surface area contributed by atoms with Crippen molar-refractivity contribution in [3.8, 4) is 5.75 Å². The minimum absolute atomic E-state index is 0.486. The van der Waals surface area contributed by atoms with E-state index in [0.29, 0.717) is 11.3 Å². The molecule has 1 nitrogen and oxygen atoms in total. The number of hydrogen-bond acceptors (Lipinski definition) is 1. The first-order chi connectivity index (χ1) is 9.50. The Morgan fingerprint density at radius 1 is 0.950 bits per heavy atom. The molecule has 0 aliphatic carbocycles. The third-order valence-corrected chi connectivity index (χ3v) is 2.79. The van der Waals surface area contributed by atoms with Crippen molar-refractivity contribution in [1.82, 2.24) is 0 Å².